The summed E-state index contributed by atoms with van der Waals surface area (Å²) in [7, 11) is 0. The normalized spacial score (nSPS) is 20.0. The van der Waals surface area contributed by atoms with Gasteiger partial charge in [-0.1, -0.05) is 41.0 Å². The molecule has 0 amide bonds. The lowest BCUT2D eigenvalue weighted by atomic mass is 9.91. The van der Waals surface area contributed by atoms with Gasteiger partial charge in [-0.2, -0.15) is 0 Å². The van der Waals surface area contributed by atoms with Gasteiger partial charge in [0.25, 0.3) is 0 Å². The molecule has 0 bridgehead atoms. The van der Waals surface area contributed by atoms with Gasteiger partial charge in [0.15, 0.2) is 5.13 Å². The Labute approximate surface area is 134 Å². The fraction of sp³-hybridized carbons (Fsp3) is 0.824. The predicted molar refractivity (Wildman–Crippen MR) is 93.4 cm³/mol. The molecule has 21 heavy (non-hydrogen) atoms. The highest BCUT2D eigenvalue weighted by atomic mass is 32.1. The Morgan fingerprint density at radius 3 is 2.71 bits per heavy atom. The minimum absolute atomic E-state index is 0.124. The van der Waals surface area contributed by atoms with E-state index in [1.807, 2.05) is 11.3 Å². The maximum absolute atomic E-state index is 5.03. The van der Waals surface area contributed by atoms with Crippen molar-refractivity contribution in [2.24, 2.45) is 5.92 Å². The van der Waals surface area contributed by atoms with E-state index in [1.54, 1.807) is 0 Å². The molecule has 2 rings (SSSR count). The summed E-state index contributed by atoms with van der Waals surface area (Å²) in [5.74, 6) is 0.845. The van der Waals surface area contributed by atoms with Crippen molar-refractivity contribution in [1.82, 2.24) is 10.3 Å². The Kier molecular flexibility index (Phi) is 5.67. The lowest BCUT2D eigenvalue weighted by molar-refractivity contribution is 0.404. The van der Waals surface area contributed by atoms with Crippen molar-refractivity contribution in [2.75, 3.05) is 24.5 Å². The SMILES string of the molecule is CCNCc1sc(N2CCCC(CC)C2)nc1C(C)(C)C. The van der Waals surface area contributed by atoms with Gasteiger partial charge in [-0.15, -0.1) is 11.3 Å². The second kappa shape index (κ2) is 7.10. The summed E-state index contributed by atoms with van der Waals surface area (Å²) >= 11 is 1.90. The summed E-state index contributed by atoms with van der Waals surface area (Å²) < 4.78 is 0. The second-order valence-corrected chi connectivity index (χ2v) is 8.22. The molecule has 1 aromatic heterocycles. The fourth-order valence-electron chi connectivity index (χ4n) is 2.99. The average Bonchev–Trinajstić information content (AvgIpc) is 2.89. The summed E-state index contributed by atoms with van der Waals surface area (Å²) in [5, 5.41) is 4.71. The van der Waals surface area contributed by atoms with E-state index in [4.69, 9.17) is 4.98 Å². The number of hydrogen-bond donors (Lipinski definition) is 1. The van der Waals surface area contributed by atoms with Crippen LogP contribution in [0.15, 0.2) is 0 Å². The van der Waals surface area contributed by atoms with Crippen LogP contribution in [0.1, 0.15) is 64.5 Å². The minimum atomic E-state index is 0.124. The van der Waals surface area contributed by atoms with E-state index < -0.39 is 0 Å². The van der Waals surface area contributed by atoms with Crippen molar-refractivity contribution in [1.29, 1.82) is 0 Å². The summed E-state index contributed by atoms with van der Waals surface area (Å²) in [6, 6.07) is 0. The molecule has 1 aliphatic rings. The number of hydrogen-bond acceptors (Lipinski definition) is 4. The Hall–Kier alpha value is -0.610. The number of nitrogens with zero attached hydrogens (tertiary/aromatic N) is 2. The Bertz CT molecular complexity index is 447. The van der Waals surface area contributed by atoms with Crippen LogP contribution < -0.4 is 10.2 Å². The fourth-order valence-corrected chi connectivity index (χ4v) is 4.27. The Balaban J connectivity index is 2.21. The average molecular weight is 310 g/mol. The molecule has 120 valence electrons. The number of piperidine rings is 1. The monoisotopic (exact) mass is 309 g/mol. The minimum Gasteiger partial charge on any atom is -0.348 e. The smallest absolute Gasteiger partial charge is 0.185 e. The number of anilines is 1. The van der Waals surface area contributed by atoms with E-state index in [1.165, 1.54) is 48.1 Å². The highest BCUT2D eigenvalue weighted by Crippen LogP contribution is 2.35. The van der Waals surface area contributed by atoms with Gasteiger partial charge < -0.3 is 10.2 Å². The zero-order valence-electron chi connectivity index (χ0n) is 14.3. The molecule has 1 N–H and O–H groups in total. The van der Waals surface area contributed by atoms with Crippen LogP contribution in [0.5, 0.6) is 0 Å². The quantitative estimate of drug-likeness (QED) is 0.884. The van der Waals surface area contributed by atoms with Gasteiger partial charge in [0, 0.05) is 29.9 Å². The number of aromatic nitrogens is 1. The first-order chi connectivity index (χ1) is 9.95. The van der Waals surface area contributed by atoms with Crippen LogP contribution in [0.2, 0.25) is 0 Å². The van der Waals surface area contributed by atoms with E-state index in [0.717, 1.165) is 19.0 Å². The summed E-state index contributed by atoms with van der Waals surface area (Å²) in [4.78, 5) is 8.97. The van der Waals surface area contributed by atoms with E-state index in [2.05, 4.69) is 44.8 Å². The summed E-state index contributed by atoms with van der Waals surface area (Å²) in [6.07, 6.45) is 3.98. The van der Waals surface area contributed by atoms with Crippen molar-refractivity contribution < 1.29 is 0 Å². The van der Waals surface area contributed by atoms with E-state index >= 15 is 0 Å². The first kappa shape index (κ1) is 16.8. The van der Waals surface area contributed by atoms with Gasteiger partial charge >= 0.3 is 0 Å². The molecule has 0 saturated carbocycles. The number of nitrogens with one attached hydrogen (secondary N) is 1. The van der Waals surface area contributed by atoms with Gasteiger partial charge in [0.05, 0.1) is 5.69 Å². The van der Waals surface area contributed by atoms with Crippen LogP contribution in [-0.4, -0.2) is 24.6 Å². The van der Waals surface area contributed by atoms with Crippen LogP contribution in [0, 0.1) is 5.92 Å². The molecule has 0 aromatic carbocycles. The molecule has 1 fully saturated rings. The maximum atomic E-state index is 5.03. The van der Waals surface area contributed by atoms with Gasteiger partial charge in [-0.25, -0.2) is 4.98 Å². The topological polar surface area (TPSA) is 28.2 Å². The van der Waals surface area contributed by atoms with Crippen LogP contribution in [0.4, 0.5) is 5.13 Å². The van der Waals surface area contributed by atoms with Crippen molar-refractivity contribution in [2.45, 2.75) is 65.8 Å². The van der Waals surface area contributed by atoms with E-state index in [9.17, 15) is 0 Å². The molecule has 1 aromatic rings. The third-order valence-electron chi connectivity index (χ3n) is 4.30. The first-order valence-corrected chi connectivity index (χ1v) is 9.23. The molecule has 1 atom stereocenters. The van der Waals surface area contributed by atoms with Gasteiger partial charge in [0.2, 0.25) is 0 Å². The first-order valence-electron chi connectivity index (χ1n) is 8.41. The summed E-state index contributed by atoms with van der Waals surface area (Å²) in [6.45, 7) is 15.6. The molecule has 4 heteroatoms. The Morgan fingerprint density at radius 1 is 1.33 bits per heavy atom. The van der Waals surface area contributed by atoms with Crippen molar-refractivity contribution in [3.8, 4) is 0 Å². The highest BCUT2D eigenvalue weighted by molar-refractivity contribution is 7.15. The van der Waals surface area contributed by atoms with Crippen LogP contribution >= 0.6 is 11.3 Å². The second-order valence-electron chi connectivity index (χ2n) is 7.16. The van der Waals surface area contributed by atoms with Crippen LogP contribution in [0.25, 0.3) is 0 Å². The molecule has 0 aliphatic carbocycles. The number of rotatable bonds is 5. The molecule has 2 heterocycles. The van der Waals surface area contributed by atoms with Crippen molar-refractivity contribution in [3.05, 3.63) is 10.6 Å². The van der Waals surface area contributed by atoms with Gasteiger partial charge in [-0.05, 0) is 25.3 Å². The largest absolute Gasteiger partial charge is 0.348 e. The molecule has 0 radical (unpaired) electrons. The zero-order chi connectivity index (χ0) is 15.5. The van der Waals surface area contributed by atoms with Crippen molar-refractivity contribution >= 4 is 16.5 Å². The molecule has 1 saturated heterocycles. The Morgan fingerprint density at radius 2 is 2.10 bits per heavy atom. The highest BCUT2D eigenvalue weighted by Gasteiger charge is 2.27. The molecule has 0 spiro atoms. The standard InChI is InChI=1S/C17H31N3S/c1-6-13-9-8-10-20(12-13)16-19-15(17(3,4)5)14(21-16)11-18-7-2/h13,18H,6-12H2,1-5H3. The zero-order valence-corrected chi connectivity index (χ0v) is 15.1. The molecule has 1 aliphatic heterocycles. The molecular formula is C17H31N3S. The van der Waals surface area contributed by atoms with E-state index in [0.29, 0.717) is 0 Å². The maximum Gasteiger partial charge on any atom is 0.185 e. The molecular weight excluding hydrogens is 278 g/mol. The lowest BCUT2D eigenvalue weighted by Crippen LogP contribution is -2.35. The third kappa shape index (κ3) is 4.19. The molecule has 3 nitrogen and oxygen atoms in total. The lowest BCUT2D eigenvalue weighted by Gasteiger charge is -2.32. The van der Waals surface area contributed by atoms with E-state index in [-0.39, 0.29) is 5.41 Å². The van der Waals surface area contributed by atoms with Crippen LogP contribution in [0.3, 0.4) is 0 Å². The van der Waals surface area contributed by atoms with Gasteiger partial charge in [-0.3, -0.25) is 0 Å². The number of thiazole rings is 1. The van der Waals surface area contributed by atoms with Gasteiger partial charge in [0.1, 0.15) is 0 Å². The predicted octanol–water partition coefficient (Wildman–Crippen LogP) is 4.18. The third-order valence-corrected chi connectivity index (χ3v) is 5.42. The van der Waals surface area contributed by atoms with Crippen molar-refractivity contribution in [3.63, 3.8) is 0 Å². The molecule has 1 unspecified atom stereocenters. The summed E-state index contributed by atoms with van der Waals surface area (Å²) in [5.41, 5.74) is 1.40. The van der Waals surface area contributed by atoms with Crippen LogP contribution in [-0.2, 0) is 12.0 Å².